The topological polar surface area (TPSA) is 134 Å². The maximum atomic E-state index is 13.1. The summed E-state index contributed by atoms with van der Waals surface area (Å²) in [6.07, 6.45) is 4.87. The van der Waals surface area contributed by atoms with E-state index in [2.05, 4.69) is 9.97 Å². The summed E-state index contributed by atoms with van der Waals surface area (Å²) in [5.41, 5.74) is 0.769. The summed E-state index contributed by atoms with van der Waals surface area (Å²) in [5.74, 6) is 1.26. The number of aromatic nitrogens is 2. The molecule has 2 aromatic rings. The average Bonchev–Trinajstić information content (AvgIpc) is 2.66. The number of nitrogens with one attached hydrogen (secondary N) is 1. The van der Waals surface area contributed by atoms with Crippen molar-refractivity contribution >= 4 is 12.4 Å². The van der Waals surface area contributed by atoms with Crippen molar-refractivity contribution in [2.24, 2.45) is 0 Å². The lowest BCUT2D eigenvalue weighted by Crippen LogP contribution is -2.41. The van der Waals surface area contributed by atoms with Gasteiger partial charge in [-0.1, -0.05) is 6.42 Å². The second-order valence-electron chi connectivity index (χ2n) is 8.07. The van der Waals surface area contributed by atoms with Crippen LogP contribution >= 0.6 is 0 Å². The predicted octanol–water partition coefficient (Wildman–Crippen LogP) is 2.33. The molecule has 1 saturated carbocycles. The van der Waals surface area contributed by atoms with Crippen molar-refractivity contribution in [1.29, 1.82) is 0 Å². The van der Waals surface area contributed by atoms with Crippen LogP contribution in [0.2, 0.25) is 0 Å². The molecule has 1 aliphatic heterocycles. The first-order valence-electron chi connectivity index (χ1n) is 10.4. The van der Waals surface area contributed by atoms with Gasteiger partial charge in [-0.2, -0.15) is 0 Å². The lowest BCUT2D eigenvalue weighted by molar-refractivity contribution is -0.122. The molecule has 1 amide bonds. The molecular formula is C22H27N3O6. The van der Waals surface area contributed by atoms with Crippen molar-refractivity contribution in [2.75, 3.05) is 13.1 Å². The van der Waals surface area contributed by atoms with Crippen LogP contribution in [0.5, 0.6) is 0 Å². The fourth-order valence-electron chi connectivity index (χ4n) is 4.16. The van der Waals surface area contributed by atoms with Gasteiger partial charge in [-0.25, -0.2) is 9.78 Å². The molecule has 3 heterocycles. The maximum Gasteiger partial charge on any atom is 0.349 e. The summed E-state index contributed by atoms with van der Waals surface area (Å²) < 4.78 is 5.49. The summed E-state index contributed by atoms with van der Waals surface area (Å²) in [6, 6.07) is 3.35. The molecule has 0 spiro atoms. The van der Waals surface area contributed by atoms with E-state index in [-0.39, 0.29) is 29.4 Å². The third-order valence-corrected chi connectivity index (χ3v) is 5.90. The molecule has 2 aliphatic rings. The van der Waals surface area contributed by atoms with Gasteiger partial charge < -0.3 is 19.4 Å². The number of aryl methyl sites for hydroxylation is 2. The smallest absolute Gasteiger partial charge is 0.349 e. The second-order valence-corrected chi connectivity index (χ2v) is 8.07. The van der Waals surface area contributed by atoms with Crippen LogP contribution in [-0.4, -0.2) is 45.4 Å². The predicted molar refractivity (Wildman–Crippen MR) is 112 cm³/mol. The molecule has 1 unspecified atom stereocenters. The zero-order chi connectivity index (χ0) is 22.5. The fraction of sp³-hybridized carbons (Fsp3) is 0.500. The Morgan fingerprint density at radius 2 is 1.87 bits per heavy atom. The van der Waals surface area contributed by atoms with Gasteiger partial charge in [0.15, 0.2) is 0 Å². The molecular weight excluding hydrogens is 402 g/mol. The Hall–Kier alpha value is -3.23. The molecule has 0 bridgehead atoms. The van der Waals surface area contributed by atoms with Crippen molar-refractivity contribution in [1.82, 2.24) is 14.9 Å². The van der Waals surface area contributed by atoms with Gasteiger partial charge in [-0.15, -0.1) is 0 Å². The highest BCUT2D eigenvalue weighted by molar-refractivity contribution is 5.95. The molecule has 166 valence electrons. The van der Waals surface area contributed by atoms with Crippen molar-refractivity contribution < 1.29 is 19.1 Å². The highest BCUT2D eigenvalue weighted by Gasteiger charge is 2.30. The Labute approximate surface area is 179 Å². The lowest BCUT2D eigenvalue weighted by atomic mass is 9.83. The van der Waals surface area contributed by atoms with Gasteiger partial charge >= 0.3 is 5.63 Å². The molecule has 1 aliphatic carbocycles. The molecule has 4 rings (SSSR count). The Balaban J connectivity index is 0.000000858. The number of piperidine rings is 1. The Bertz CT molecular complexity index is 1070. The van der Waals surface area contributed by atoms with Crippen LogP contribution in [0.3, 0.4) is 0 Å². The third-order valence-electron chi connectivity index (χ3n) is 5.90. The van der Waals surface area contributed by atoms with Crippen molar-refractivity contribution in [3.05, 3.63) is 61.3 Å². The maximum absolute atomic E-state index is 13.1. The zero-order valence-electron chi connectivity index (χ0n) is 17.7. The first-order valence-corrected chi connectivity index (χ1v) is 10.4. The van der Waals surface area contributed by atoms with Gasteiger partial charge in [0, 0.05) is 31.0 Å². The van der Waals surface area contributed by atoms with Crippen LogP contribution in [0.15, 0.2) is 26.1 Å². The quantitative estimate of drug-likeness (QED) is 0.715. The van der Waals surface area contributed by atoms with Crippen LogP contribution in [0, 0.1) is 13.8 Å². The summed E-state index contributed by atoms with van der Waals surface area (Å²) in [4.78, 5) is 54.5. The molecule has 9 heteroatoms. The summed E-state index contributed by atoms with van der Waals surface area (Å²) in [5, 5.41) is 6.89. The third kappa shape index (κ3) is 5.10. The highest BCUT2D eigenvalue weighted by atomic mass is 16.4. The largest absolute Gasteiger partial charge is 0.483 e. The molecule has 2 fully saturated rings. The molecule has 0 aromatic carbocycles. The van der Waals surface area contributed by atoms with Crippen LogP contribution in [-0.2, 0) is 4.79 Å². The summed E-state index contributed by atoms with van der Waals surface area (Å²) in [7, 11) is 0. The molecule has 1 atom stereocenters. The number of nitrogens with zero attached hydrogens (tertiary/aromatic N) is 2. The van der Waals surface area contributed by atoms with Gasteiger partial charge in [0.25, 0.3) is 17.9 Å². The number of aromatic amines is 1. The van der Waals surface area contributed by atoms with Crippen molar-refractivity contribution in [3.8, 4) is 0 Å². The monoisotopic (exact) mass is 429 g/mol. The van der Waals surface area contributed by atoms with Gasteiger partial charge in [-0.05, 0) is 51.2 Å². The van der Waals surface area contributed by atoms with Gasteiger partial charge in [0.05, 0.1) is 5.69 Å². The number of rotatable bonds is 3. The second kappa shape index (κ2) is 9.72. The van der Waals surface area contributed by atoms with E-state index in [1.807, 2.05) is 6.07 Å². The number of carboxylic acid groups (broad SMARTS) is 1. The van der Waals surface area contributed by atoms with Crippen LogP contribution < -0.4 is 11.2 Å². The van der Waals surface area contributed by atoms with E-state index in [1.54, 1.807) is 18.7 Å². The minimum Gasteiger partial charge on any atom is -0.483 e. The summed E-state index contributed by atoms with van der Waals surface area (Å²) in [6.45, 7) is 4.32. The minimum absolute atomic E-state index is 0.0136. The van der Waals surface area contributed by atoms with E-state index in [0.717, 1.165) is 32.1 Å². The molecule has 0 radical (unpaired) electrons. The van der Waals surface area contributed by atoms with Crippen molar-refractivity contribution in [3.63, 3.8) is 0 Å². The number of likely N-dealkylation sites (tertiary alicyclic amines) is 1. The average molecular weight is 429 g/mol. The van der Waals surface area contributed by atoms with Gasteiger partial charge in [0.1, 0.15) is 17.1 Å². The molecule has 31 heavy (non-hydrogen) atoms. The Morgan fingerprint density at radius 3 is 2.45 bits per heavy atom. The number of hydrogen-bond donors (Lipinski definition) is 2. The number of amides is 1. The minimum atomic E-state index is -0.542. The standard InChI is InChI=1S/C21H25N3O4.CH2O2/c1-12-9-17(14-5-3-6-14)28-21(27)19(12)20(26)24-8-4-7-15(11-24)16-10-18(25)23-13(2)22-16;2-1-3/h9-10,14-15H,3-8,11H2,1-2H3,(H,22,23,25);1H,(H,2,3). The number of H-pyrrole nitrogens is 1. The van der Waals surface area contributed by atoms with Gasteiger partial charge in [-0.3, -0.25) is 14.4 Å². The van der Waals surface area contributed by atoms with E-state index in [0.29, 0.717) is 41.8 Å². The summed E-state index contributed by atoms with van der Waals surface area (Å²) >= 11 is 0. The van der Waals surface area contributed by atoms with E-state index in [1.165, 1.54) is 6.07 Å². The fourth-order valence-corrected chi connectivity index (χ4v) is 4.16. The van der Waals surface area contributed by atoms with E-state index >= 15 is 0 Å². The van der Waals surface area contributed by atoms with E-state index < -0.39 is 5.63 Å². The number of hydrogen-bond acceptors (Lipinski definition) is 6. The molecule has 1 saturated heterocycles. The van der Waals surface area contributed by atoms with Crippen LogP contribution in [0.1, 0.15) is 77.1 Å². The van der Waals surface area contributed by atoms with Crippen molar-refractivity contribution in [2.45, 2.75) is 57.8 Å². The normalized spacial score (nSPS) is 18.5. The van der Waals surface area contributed by atoms with E-state index in [4.69, 9.17) is 14.3 Å². The Morgan fingerprint density at radius 1 is 1.19 bits per heavy atom. The SMILES string of the molecule is Cc1nc(C2CCCN(C(=O)c3c(C)cc(C4CCC4)oc3=O)C2)cc(=O)[nH]1.O=CO. The zero-order valence-corrected chi connectivity index (χ0v) is 17.7. The van der Waals surface area contributed by atoms with Crippen LogP contribution in [0.4, 0.5) is 0 Å². The highest BCUT2D eigenvalue weighted by Crippen LogP contribution is 2.36. The number of carbonyl (C=O) groups excluding carboxylic acids is 1. The molecule has 9 nitrogen and oxygen atoms in total. The first kappa shape index (κ1) is 22.5. The van der Waals surface area contributed by atoms with Crippen LogP contribution in [0.25, 0.3) is 0 Å². The first-order chi connectivity index (χ1) is 14.8. The molecule has 2 N–H and O–H groups in total. The molecule has 2 aromatic heterocycles. The number of carbonyl (C=O) groups is 2. The lowest BCUT2D eigenvalue weighted by Gasteiger charge is -2.32. The Kier molecular flexibility index (Phi) is 7.04. The van der Waals surface area contributed by atoms with E-state index in [9.17, 15) is 14.4 Å². The van der Waals surface area contributed by atoms with Gasteiger partial charge in [0.2, 0.25) is 0 Å².